The van der Waals surface area contributed by atoms with Crippen LogP contribution in [0.1, 0.15) is 18.1 Å². The van der Waals surface area contributed by atoms with Gasteiger partial charge in [0.15, 0.2) is 6.10 Å². The van der Waals surface area contributed by atoms with Crippen molar-refractivity contribution in [3.8, 4) is 6.07 Å². The molecular weight excluding hydrogens is 238 g/mol. The Bertz CT molecular complexity index is 436. The van der Waals surface area contributed by atoms with E-state index in [4.69, 9.17) is 5.26 Å². The van der Waals surface area contributed by atoms with E-state index in [1.165, 1.54) is 12.1 Å². The molecule has 1 aromatic carbocycles. The highest BCUT2D eigenvalue weighted by molar-refractivity contribution is 5.32. The summed E-state index contributed by atoms with van der Waals surface area (Å²) in [6.07, 6.45) is -6.43. The van der Waals surface area contributed by atoms with E-state index in [1.54, 1.807) is 6.07 Å². The number of halogens is 4. The van der Waals surface area contributed by atoms with E-state index in [9.17, 15) is 17.6 Å². The second kappa shape index (κ2) is 5.15. The number of hydrogen-bond acceptors (Lipinski definition) is 2. The largest absolute Gasteiger partial charge is 0.414 e. The molecule has 1 rings (SSSR count). The normalized spacial score (nSPS) is 13.2. The van der Waals surface area contributed by atoms with Crippen LogP contribution in [0.2, 0.25) is 0 Å². The first-order valence-electron chi connectivity index (χ1n) is 4.71. The number of nitriles is 1. The fraction of sp³-hybridized carbons (Fsp3) is 0.364. The van der Waals surface area contributed by atoms with Gasteiger partial charge in [0, 0.05) is 5.56 Å². The van der Waals surface area contributed by atoms with Gasteiger partial charge in [0.2, 0.25) is 0 Å². The maximum Gasteiger partial charge on any atom is 0.414 e. The minimum Gasteiger partial charge on any atom is -0.364 e. The van der Waals surface area contributed by atoms with Crippen LogP contribution in [0.4, 0.5) is 17.6 Å². The second-order valence-electron chi connectivity index (χ2n) is 3.41. The molecule has 0 bridgehead atoms. The predicted molar refractivity (Wildman–Crippen MR) is 51.4 cm³/mol. The Balaban J connectivity index is 2.68. The number of benzene rings is 1. The highest BCUT2D eigenvalue weighted by Gasteiger charge is 2.36. The number of alkyl halides is 3. The van der Waals surface area contributed by atoms with Crippen LogP contribution in [0.3, 0.4) is 0 Å². The second-order valence-corrected chi connectivity index (χ2v) is 3.41. The lowest BCUT2D eigenvalue weighted by atomic mass is 10.1. The molecule has 0 N–H and O–H groups in total. The molecule has 0 aliphatic carbocycles. The minimum absolute atomic E-state index is 0.0138. The van der Waals surface area contributed by atoms with Gasteiger partial charge in [-0.25, -0.2) is 4.39 Å². The number of rotatable bonds is 3. The summed E-state index contributed by atoms with van der Waals surface area (Å²) >= 11 is 0. The number of nitrogens with zero attached hydrogens (tertiary/aromatic N) is 1. The van der Waals surface area contributed by atoms with Crippen molar-refractivity contribution in [1.82, 2.24) is 0 Å². The summed E-state index contributed by atoms with van der Waals surface area (Å²) in [7, 11) is 0. The Morgan fingerprint density at radius 2 is 2.06 bits per heavy atom. The molecule has 1 aromatic rings. The van der Waals surface area contributed by atoms with Crippen molar-refractivity contribution in [2.75, 3.05) is 0 Å². The summed E-state index contributed by atoms with van der Waals surface area (Å²) in [4.78, 5) is 0. The smallest absolute Gasteiger partial charge is 0.364 e. The van der Waals surface area contributed by atoms with Crippen LogP contribution in [-0.4, -0.2) is 12.3 Å². The standard InChI is InChI=1S/C11H9F4NO/c1-7(11(13,14)15)17-6-9-3-2-8(5-16)4-10(9)12/h2-4,7H,6H2,1H3. The molecule has 0 saturated heterocycles. The monoisotopic (exact) mass is 247 g/mol. The summed E-state index contributed by atoms with van der Waals surface area (Å²) in [5, 5.41) is 8.48. The van der Waals surface area contributed by atoms with Crippen LogP contribution in [0, 0.1) is 17.1 Å². The van der Waals surface area contributed by atoms with Crippen molar-refractivity contribution < 1.29 is 22.3 Å². The van der Waals surface area contributed by atoms with Gasteiger partial charge in [0.05, 0.1) is 18.2 Å². The van der Waals surface area contributed by atoms with Crippen LogP contribution in [0.15, 0.2) is 18.2 Å². The van der Waals surface area contributed by atoms with Gasteiger partial charge in [-0.2, -0.15) is 18.4 Å². The van der Waals surface area contributed by atoms with E-state index < -0.39 is 24.7 Å². The summed E-state index contributed by atoms with van der Waals surface area (Å²) < 4.78 is 54.1. The van der Waals surface area contributed by atoms with Gasteiger partial charge in [-0.15, -0.1) is 0 Å². The van der Waals surface area contributed by atoms with Gasteiger partial charge >= 0.3 is 6.18 Å². The van der Waals surface area contributed by atoms with Crippen molar-refractivity contribution in [2.45, 2.75) is 25.8 Å². The molecule has 0 spiro atoms. The summed E-state index contributed by atoms with van der Waals surface area (Å²) in [5.41, 5.74) is 0.0928. The first kappa shape index (κ1) is 13.5. The van der Waals surface area contributed by atoms with Crippen LogP contribution in [0.5, 0.6) is 0 Å². The zero-order valence-electron chi connectivity index (χ0n) is 8.88. The van der Waals surface area contributed by atoms with Crippen LogP contribution >= 0.6 is 0 Å². The first-order chi connectivity index (χ1) is 7.84. The van der Waals surface area contributed by atoms with E-state index in [0.29, 0.717) is 0 Å². The molecule has 6 heteroatoms. The third-order valence-electron chi connectivity index (χ3n) is 2.13. The molecule has 0 amide bonds. The maximum atomic E-state index is 13.3. The molecule has 92 valence electrons. The number of hydrogen-bond donors (Lipinski definition) is 0. The zero-order chi connectivity index (χ0) is 13.1. The quantitative estimate of drug-likeness (QED) is 0.768. The predicted octanol–water partition coefficient (Wildman–Crippen LogP) is 3.16. The van der Waals surface area contributed by atoms with Crippen LogP contribution in [-0.2, 0) is 11.3 Å². The molecule has 0 heterocycles. The number of ether oxygens (including phenoxy) is 1. The van der Waals surface area contributed by atoms with Gasteiger partial charge < -0.3 is 4.74 Å². The van der Waals surface area contributed by atoms with Gasteiger partial charge in [-0.05, 0) is 19.1 Å². The van der Waals surface area contributed by atoms with E-state index >= 15 is 0 Å². The molecular formula is C11H9F4NO. The minimum atomic E-state index is -4.47. The molecule has 0 aliphatic rings. The topological polar surface area (TPSA) is 33.0 Å². The van der Waals surface area contributed by atoms with E-state index in [0.717, 1.165) is 13.0 Å². The average molecular weight is 247 g/mol. The fourth-order valence-corrected chi connectivity index (χ4v) is 1.04. The highest BCUT2D eigenvalue weighted by Crippen LogP contribution is 2.23. The summed E-state index contributed by atoms with van der Waals surface area (Å²) in [5.74, 6) is -0.751. The molecule has 1 atom stereocenters. The lowest BCUT2D eigenvalue weighted by Crippen LogP contribution is -2.28. The maximum absolute atomic E-state index is 13.3. The summed E-state index contributed by atoms with van der Waals surface area (Å²) in [6.45, 7) is 0.361. The molecule has 0 radical (unpaired) electrons. The first-order valence-corrected chi connectivity index (χ1v) is 4.71. The molecule has 1 unspecified atom stereocenters. The van der Waals surface area contributed by atoms with E-state index in [1.807, 2.05) is 0 Å². The molecule has 0 fully saturated rings. The zero-order valence-corrected chi connectivity index (χ0v) is 8.88. The lowest BCUT2D eigenvalue weighted by molar-refractivity contribution is -0.217. The van der Waals surface area contributed by atoms with Crippen molar-refractivity contribution in [2.24, 2.45) is 0 Å². The van der Waals surface area contributed by atoms with Crippen molar-refractivity contribution in [3.63, 3.8) is 0 Å². The van der Waals surface area contributed by atoms with E-state index in [2.05, 4.69) is 4.74 Å². The molecule has 0 saturated carbocycles. The van der Waals surface area contributed by atoms with Crippen LogP contribution in [0.25, 0.3) is 0 Å². The van der Waals surface area contributed by atoms with Crippen LogP contribution < -0.4 is 0 Å². The highest BCUT2D eigenvalue weighted by atomic mass is 19.4. The summed E-state index contributed by atoms with van der Waals surface area (Å²) in [6, 6.07) is 5.23. The third-order valence-corrected chi connectivity index (χ3v) is 2.13. The molecule has 0 aromatic heterocycles. The van der Waals surface area contributed by atoms with Crippen molar-refractivity contribution in [1.29, 1.82) is 5.26 Å². The SMILES string of the molecule is CC(OCc1ccc(C#N)cc1F)C(F)(F)F. The third kappa shape index (κ3) is 3.71. The fourth-order valence-electron chi connectivity index (χ4n) is 1.04. The van der Waals surface area contributed by atoms with Crippen molar-refractivity contribution in [3.05, 3.63) is 35.1 Å². The Morgan fingerprint density at radius 1 is 1.41 bits per heavy atom. The Labute approximate surface area is 95.4 Å². The molecule has 17 heavy (non-hydrogen) atoms. The van der Waals surface area contributed by atoms with Gasteiger partial charge in [-0.3, -0.25) is 0 Å². The van der Waals surface area contributed by atoms with Crippen molar-refractivity contribution >= 4 is 0 Å². The van der Waals surface area contributed by atoms with E-state index in [-0.39, 0.29) is 11.1 Å². The average Bonchev–Trinajstić information content (AvgIpc) is 2.25. The lowest BCUT2D eigenvalue weighted by Gasteiger charge is -2.16. The molecule has 2 nitrogen and oxygen atoms in total. The van der Waals surface area contributed by atoms with Gasteiger partial charge in [0.1, 0.15) is 5.82 Å². The van der Waals surface area contributed by atoms with Gasteiger partial charge in [-0.1, -0.05) is 6.07 Å². The Hall–Kier alpha value is -1.61. The van der Waals surface area contributed by atoms with Gasteiger partial charge in [0.25, 0.3) is 0 Å². The Kier molecular flexibility index (Phi) is 4.07. The molecule has 0 aliphatic heterocycles. The Morgan fingerprint density at radius 3 is 2.53 bits per heavy atom.